The molecule has 2 aromatic carbocycles. The van der Waals surface area contributed by atoms with Gasteiger partial charge in [0, 0.05) is 6.54 Å². The summed E-state index contributed by atoms with van der Waals surface area (Å²) in [6, 6.07) is 14.3. The largest absolute Gasteiger partial charge is 0.483 e. The number of rotatable bonds is 4. The molecule has 5 heteroatoms. The van der Waals surface area contributed by atoms with Crippen LogP contribution in [0.4, 0.5) is 0 Å². The molecule has 1 N–H and O–H groups in total. The summed E-state index contributed by atoms with van der Waals surface area (Å²) < 4.78 is 8.59. The highest BCUT2D eigenvalue weighted by atomic mass is 32.1. The molecule has 3 rings (SSSR count). The van der Waals surface area contributed by atoms with Crippen molar-refractivity contribution < 1.29 is 4.74 Å². The molecular formula is C16H17N3OS. The lowest BCUT2D eigenvalue weighted by atomic mass is 10.1. The van der Waals surface area contributed by atoms with Gasteiger partial charge in [-0.15, -0.1) is 0 Å². The number of fused-ring (bicyclic) bond motifs is 1. The second-order valence-electron chi connectivity index (χ2n) is 4.90. The summed E-state index contributed by atoms with van der Waals surface area (Å²) >= 11 is 5.21. The van der Waals surface area contributed by atoms with E-state index in [0.29, 0.717) is 4.77 Å². The molecule has 1 unspecified atom stereocenters. The molecular weight excluding hydrogens is 282 g/mol. The molecule has 1 aromatic heterocycles. The Hall–Kier alpha value is -2.14. The molecule has 0 aliphatic carbocycles. The van der Waals surface area contributed by atoms with Crippen molar-refractivity contribution >= 4 is 23.0 Å². The van der Waals surface area contributed by atoms with Crippen LogP contribution in [0.25, 0.3) is 10.8 Å². The third-order valence-electron chi connectivity index (χ3n) is 3.50. The van der Waals surface area contributed by atoms with Gasteiger partial charge in [0.1, 0.15) is 5.75 Å². The van der Waals surface area contributed by atoms with E-state index < -0.39 is 0 Å². The van der Waals surface area contributed by atoms with Crippen LogP contribution in [0.15, 0.2) is 42.5 Å². The predicted molar refractivity (Wildman–Crippen MR) is 86.1 cm³/mol. The number of H-pyrrole nitrogens is 1. The van der Waals surface area contributed by atoms with Crippen molar-refractivity contribution in [2.75, 3.05) is 0 Å². The van der Waals surface area contributed by atoms with E-state index >= 15 is 0 Å². The molecule has 0 amide bonds. The van der Waals surface area contributed by atoms with Crippen molar-refractivity contribution in [1.82, 2.24) is 14.8 Å². The number of nitrogens with one attached hydrogen (secondary N) is 1. The Morgan fingerprint density at radius 3 is 2.76 bits per heavy atom. The lowest BCUT2D eigenvalue weighted by Gasteiger charge is -2.15. The maximum Gasteiger partial charge on any atom is 0.195 e. The van der Waals surface area contributed by atoms with Crippen molar-refractivity contribution in [3.8, 4) is 5.75 Å². The van der Waals surface area contributed by atoms with Crippen molar-refractivity contribution in [1.29, 1.82) is 0 Å². The third kappa shape index (κ3) is 2.69. The molecule has 108 valence electrons. The van der Waals surface area contributed by atoms with E-state index in [1.165, 1.54) is 5.39 Å². The molecule has 0 spiro atoms. The number of benzene rings is 2. The van der Waals surface area contributed by atoms with E-state index in [1.54, 1.807) is 0 Å². The molecule has 4 nitrogen and oxygen atoms in total. The van der Waals surface area contributed by atoms with Gasteiger partial charge in [0.05, 0.1) is 0 Å². The van der Waals surface area contributed by atoms with E-state index in [4.69, 9.17) is 17.0 Å². The maximum atomic E-state index is 6.01. The summed E-state index contributed by atoms with van der Waals surface area (Å²) in [4.78, 5) is 0. The number of nitrogens with zero attached hydrogens (tertiary/aromatic N) is 2. The highest BCUT2D eigenvalue weighted by Crippen LogP contribution is 2.25. The Bertz CT molecular complexity index is 822. The van der Waals surface area contributed by atoms with Gasteiger partial charge < -0.3 is 9.30 Å². The molecule has 0 aliphatic rings. The van der Waals surface area contributed by atoms with Crippen molar-refractivity contribution in [2.45, 2.75) is 26.5 Å². The van der Waals surface area contributed by atoms with E-state index in [1.807, 2.05) is 42.7 Å². The number of ether oxygens (including phenoxy) is 1. The van der Waals surface area contributed by atoms with Crippen molar-refractivity contribution in [2.24, 2.45) is 0 Å². The second-order valence-corrected chi connectivity index (χ2v) is 5.29. The van der Waals surface area contributed by atoms with Gasteiger partial charge in [0.25, 0.3) is 0 Å². The van der Waals surface area contributed by atoms with Gasteiger partial charge in [-0.1, -0.05) is 30.3 Å². The average molecular weight is 299 g/mol. The van der Waals surface area contributed by atoms with E-state index in [9.17, 15) is 0 Å². The van der Waals surface area contributed by atoms with Crippen LogP contribution in [-0.4, -0.2) is 14.8 Å². The molecule has 3 aromatic rings. The molecule has 0 bridgehead atoms. The number of aromatic nitrogens is 3. The summed E-state index contributed by atoms with van der Waals surface area (Å²) in [5.74, 6) is 1.65. The van der Waals surface area contributed by atoms with Crippen LogP contribution >= 0.6 is 12.2 Å². The molecule has 21 heavy (non-hydrogen) atoms. The highest BCUT2D eigenvalue weighted by Gasteiger charge is 2.15. The number of aromatic amines is 1. The zero-order valence-electron chi connectivity index (χ0n) is 12.0. The average Bonchev–Trinajstić information content (AvgIpc) is 2.88. The Morgan fingerprint density at radius 1 is 1.24 bits per heavy atom. The van der Waals surface area contributed by atoms with Gasteiger partial charge in [0.2, 0.25) is 0 Å². The Kier molecular flexibility index (Phi) is 3.75. The first-order chi connectivity index (χ1) is 10.2. The minimum atomic E-state index is -0.168. The summed E-state index contributed by atoms with van der Waals surface area (Å²) in [5.41, 5.74) is 0. The van der Waals surface area contributed by atoms with Crippen LogP contribution in [0.3, 0.4) is 0 Å². The molecule has 0 saturated heterocycles. The lowest BCUT2D eigenvalue weighted by Crippen LogP contribution is -2.11. The summed E-state index contributed by atoms with van der Waals surface area (Å²) in [6.07, 6.45) is -0.168. The number of hydrogen-bond acceptors (Lipinski definition) is 3. The monoisotopic (exact) mass is 299 g/mol. The van der Waals surface area contributed by atoms with Gasteiger partial charge in [-0.25, -0.2) is 0 Å². The standard InChI is InChI=1S/C16H17N3OS/c1-3-19-15(17-18-16(19)21)11(2)20-14-9-8-12-6-4-5-7-13(12)10-14/h4-11H,3H2,1-2H3,(H,18,21). The normalized spacial score (nSPS) is 12.5. The quantitative estimate of drug-likeness (QED) is 0.732. The van der Waals surface area contributed by atoms with Crippen LogP contribution in [0, 0.1) is 4.77 Å². The third-order valence-corrected chi connectivity index (χ3v) is 3.81. The van der Waals surface area contributed by atoms with Gasteiger partial charge in [-0.3, -0.25) is 5.10 Å². The molecule has 1 heterocycles. The van der Waals surface area contributed by atoms with Crippen LogP contribution < -0.4 is 4.74 Å². The van der Waals surface area contributed by atoms with E-state index in [2.05, 4.69) is 28.4 Å². The minimum Gasteiger partial charge on any atom is -0.483 e. The minimum absolute atomic E-state index is 0.168. The van der Waals surface area contributed by atoms with Crippen molar-refractivity contribution in [3.05, 3.63) is 53.1 Å². The number of hydrogen-bond donors (Lipinski definition) is 1. The van der Waals surface area contributed by atoms with Gasteiger partial charge >= 0.3 is 0 Å². The van der Waals surface area contributed by atoms with Crippen LogP contribution in [0.1, 0.15) is 25.8 Å². The summed E-state index contributed by atoms with van der Waals surface area (Å²) in [7, 11) is 0. The van der Waals surface area contributed by atoms with Crippen LogP contribution in [0.2, 0.25) is 0 Å². The van der Waals surface area contributed by atoms with Gasteiger partial charge in [0.15, 0.2) is 16.7 Å². The molecule has 0 radical (unpaired) electrons. The van der Waals surface area contributed by atoms with E-state index in [-0.39, 0.29) is 6.10 Å². The molecule has 1 atom stereocenters. The Balaban J connectivity index is 1.88. The first-order valence-electron chi connectivity index (χ1n) is 6.99. The maximum absolute atomic E-state index is 6.01. The fraction of sp³-hybridized carbons (Fsp3) is 0.250. The molecule has 0 fully saturated rings. The topological polar surface area (TPSA) is 42.8 Å². The van der Waals surface area contributed by atoms with E-state index in [0.717, 1.165) is 23.5 Å². The fourth-order valence-corrected chi connectivity index (χ4v) is 2.71. The van der Waals surface area contributed by atoms with Gasteiger partial charge in [-0.05, 0) is 49.0 Å². The zero-order valence-corrected chi connectivity index (χ0v) is 12.9. The van der Waals surface area contributed by atoms with Crippen LogP contribution in [0.5, 0.6) is 5.75 Å². The Morgan fingerprint density at radius 2 is 2.00 bits per heavy atom. The molecule has 0 aliphatic heterocycles. The highest BCUT2D eigenvalue weighted by molar-refractivity contribution is 7.71. The first-order valence-corrected chi connectivity index (χ1v) is 7.40. The SMILES string of the molecule is CCn1c(C(C)Oc2ccc3ccccc3c2)n[nH]c1=S. The van der Waals surface area contributed by atoms with Crippen LogP contribution in [-0.2, 0) is 6.54 Å². The lowest BCUT2D eigenvalue weighted by molar-refractivity contribution is 0.211. The van der Waals surface area contributed by atoms with Gasteiger partial charge in [-0.2, -0.15) is 5.10 Å². The summed E-state index contributed by atoms with van der Waals surface area (Å²) in [5, 5.41) is 9.45. The zero-order chi connectivity index (χ0) is 14.8. The summed E-state index contributed by atoms with van der Waals surface area (Å²) in [6.45, 7) is 4.79. The molecule has 0 saturated carbocycles. The fourth-order valence-electron chi connectivity index (χ4n) is 2.44. The first kappa shape index (κ1) is 13.8. The second kappa shape index (κ2) is 5.69. The smallest absolute Gasteiger partial charge is 0.195 e. The Labute approximate surface area is 128 Å². The van der Waals surface area contributed by atoms with Crippen molar-refractivity contribution in [3.63, 3.8) is 0 Å². The predicted octanol–water partition coefficient (Wildman–Crippen LogP) is 4.25.